The number of para-hydroxylation sites is 1. The van der Waals surface area contributed by atoms with Crippen LogP contribution in [0.5, 0.6) is 0 Å². The van der Waals surface area contributed by atoms with E-state index in [0.717, 1.165) is 22.5 Å². The van der Waals surface area contributed by atoms with Crippen molar-refractivity contribution >= 4 is 28.6 Å². The molecule has 0 saturated heterocycles. The van der Waals surface area contributed by atoms with E-state index in [-0.39, 0.29) is 5.91 Å². The lowest BCUT2D eigenvalue weighted by molar-refractivity contribution is -0.118. The first-order valence-corrected chi connectivity index (χ1v) is 8.98. The molecule has 1 fully saturated rings. The number of benzene rings is 1. The normalized spacial score (nSPS) is 14.0. The standard InChI is InChI=1S/C18H17N3O2S/c22-16(19-10-12-7-8-12)11-24-18-13-4-1-2-5-14(13)20-17(21-18)15-6-3-9-23-15/h1-6,9,12H,7-8,10-11H2,(H,19,22). The zero-order valence-corrected chi connectivity index (χ0v) is 13.9. The van der Waals surface area contributed by atoms with E-state index in [4.69, 9.17) is 4.42 Å². The maximum absolute atomic E-state index is 12.0. The smallest absolute Gasteiger partial charge is 0.230 e. The highest BCUT2D eigenvalue weighted by molar-refractivity contribution is 8.00. The van der Waals surface area contributed by atoms with E-state index < -0.39 is 0 Å². The molecule has 4 rings (SSSR count). The Labute approximate surface area is 143 Å². The summed E-state index contributed by atoms with van der Waals surface area (Å²) in [6, 6.07) is 11.5. The van der Waals surface area contributed by atoms with Crippen LogP contribution >= 0.6 is 11.8 Å². The summed E-state index contributed by atoms with van der Waals surface area (Å²) in [5.74, 6) is 2.25. The lowest BCUT2D eigenvalue weighted by Gasteiger charge is -2.08. The summed E-state index contributed by atoms with van der Waals surface area (Å²) in [7, 11) is 0. The molecule has 6 heteroatoms. The van der Waals surface area contributed by atoms with Crippen LogP contribution in [-0.2, 0) is 4.79 Å². The second kappa shape index (κ2) is 6.65. The summed E-state index contributed by atoms with van der Waals surface area (Å²) in [6.45, 7) is 0.793. The number of furan rings is 1. The van der Waals surface area contributed by atoms with E-state index in [9.17, 15) is 4.79 Å². The van der Waals surface area contributed by atoms with E-state index in [2.05, 4.69) is 15.3 Å². The van der Waals surface area contributed by atoms with Crippen LogP contribution in [0.25, 0.3) is 22.5 Å². The van der Waals surface area contributed by atoms with E-state index in [0.29, 0.717) is 23.3 Å². The second-order valence-electron chi connectivity index (χ2n) is 5.88. The first-order valence-electron chi connectivity index (χ1n) is 8.00. The van der Waals surface area contributed by atoms with E-state index in [1.165, 1.54) is 24.6 Å². The van der Waals surface area contributed by atoms with Crippen molar-refractivity contribution in [3.05, 3.63) is 42.7 Å². The summed E-state index contributed by atoms with van der Waals surface area (Å²) in [5.41, 5.74) is 0.847. The van der Waals surface area contributed by atoms with Gasteiger partial charge in [-0.2, -0.15) is 0 Å². The molecule has 0 aliphatic heterocycles. The highest BCUT2D eigenvalue weighted by atomic mass is 32.2. The Bertz CT molecular complexity index is 860. The molecule has 3 aromatic rings. The quantitative estimate of drug-likeness (QED) is 0.550. The van der Waals surface area contributed by atoms with Crippen LogP contribution in [-0.4, -0.2) is 28.2 Å². The van der Waals surface area contributed by atoms with E-state index in [1.54, 1.807) is 6.26 Å². The second-order valence-corrected chi connectivity index (χ2v) is 6.85. The van der Waals surface area contributed by atoms with Crippen molar-refractivity contribution in [2.75, 3.05) is 12.3 Å². The third-order valence-electron chi connectivity index (χ3n) is 3.93. The highest BCUT2D eigenvalue weighted by Gasteiger charge is 2.21. The van der Waals surface area contributed by atoms with Crippen LogP contribution in [0.2, 0.25) is 0 Å². The fourth-order valence-electron chi connectivity index (χ4n) is 2.44. The van der Waals surface area contributed by atoms with Crippen LogP contribution in [0.3, 0.4) is 0 Å². The molecular formula is C18H17N3O2S. The van der Waals surface area contributed by atoms with Gasteiger partial charge in [0.1, 0.15) is 5.03 Å². The predicted octanol–water partition coefficient (Wildman–Crippen LogP) is 3.51. The highest BCUT2D eigenvalue weighted by Crippen LogP contribution is 2.29. The average molecular weight is 339 g/mol. The Hall–Kier alpha value is -2.34. The number of nitrogens with zero attached hydrogens (tertiary/aromatic N) is 2. The van der Waals surface area contributed by atoms with Gasteiger partial charge in [0, 0.05) is 11.9 Å². The van der Waals surface area contributed by atoms with Gasteiger partial charge in [0.15, 0.2) is 11.6 Å². The zero-order chi connectivity index (χ0) is 16.4. The lowest BCUT2D eigenvalue weighted by atomic mass is 10.2. The molecule has 2 heterocycles. The molecule has 0 spiro atoms. The fourth-order valence-corrected chi connectivity index (χ4v) is 3.29. The number of nitrogens with one attached hydrogen (secondary N) is 1. The molecule has 5 nitrogen and oxygen atoms in total. The van der Waals surface area contributed by atoms with Gasteiger partial charge in [0.2, 0.25) is 5.91 Å². The summed E-state index contributed by atoms with van der Waals surface area (Å²) < 4.78 is 5.41. The monoisotopic (exact) mass is 339 g/mol. The Morgan fingerprint density at radius 3 is 2.88 bits per heavy atom. The lowest BCUT2D eigenvalue weighted by Crippen LogP contribution is -2.27. The van der Waals surface area contributed by atoms with Gasteiger partial charge in [-0.05, 0) is 37.0 Å². The molecule has 2 aromatic heterocycles. The molecular weight excluding hydrogens is 322 g/mol. The number of rotatable bonds is 6. The van der Waals surface area contributed by atoms with Gasteiger partial charge in [-0.1, -0.05) is 30.0 Å². The molecule has 0 radical (unpaired) electrons. The molecule has 1 aliphatic rings. The fraction of sp³-hybridized carbons (Fsp3) is 0.278. The third kappa shape index (κ3) is 3.43. The van der Waals surface area contributed by atoms with Crippen LogP contribution < -0.4 is 5.32 Å². The van der Waals surface area contributed by atoms with E-state index in [1.807, 2.05) is 36.4 Å². The van der Waals surface area contributed by atoms with Gasteiger partial charge in [0.05, 0.1) is 17.5 Å². The van der Waals surface area contributed by atoms with Gasteiger partial charge in [-0.3, -0.25) is 4.79 Å². The van der Waals surface area contributed by atoms with E-state index >= 15 is 0 Å². The van der Waals surface area contributed by atoms with Crippen LogP contribution in [0.1, 0.15) is 12.8 Å². The number of thioether (sulfide) groups is 1. The molecule has 0 atom stereocenters. The number of carbonyl (C=O) groups is 1. The van der Waals surface area contributed by atoms with Crippen molar-refractivity contribution in [2.45, 2.75) is 17.9 Å². The van der Waals surface area contributed by atoms with Crippen LogP contribution in [0, 0.1) is 5.92 Å². The number of carbonyl (C=O) groups excluding carboxylic acids is 1. The minimum Gasteiger partial charge on any atom is -0.461 e. The van der Waals surface area contributed by atoms with Gasteiger partial charge >= 0.3 is 0 Å². The molecule has 1 aliphatic carbocycles. The maximum atomic E-state index is 12.0. The maximum Gasteiger partial charge on any atom is 0.230 e. The van der Waals surface area contributed by atoms with Crippen molar-refractivity contribution in [3.8, 4) is 11.6 Å². The van der Waals surface area contributed by atoms with Crippen molar-refractivity contribution in [2.24, 2.45) is 5.92 Å². The van der Waals surface area contributed by atoms with Crippen molar-refractivity contribution in [3.63, 3.8) is 0 Å². The Kier molecular flexibility index (Phi) is 4.21. The Balaban J connectivity index is 1.57. The van der Waals surface area contributed by atoms with Gasteiger partial charge < -0.3 is 9.73 Å². The zero-order valence-electron chi connectivity index (χ0n) is 13.1. The molecule has 24 heavy (non-hydrogen) atoms. The third-order valence-corrected chi connectivity index (χ3v) is 4.93. The summed E-state index contributed by atoms with van der Waals surface area (Å²) in [5, 5.41) is 4.73. The molecule has 0 unspecified atom stereocenters. The average Bonchev–Trinajstić information content (AvgIpc) is 3.28. The number of amides is 1. The minimum absolute atomic E-state index is 0.0501. The van der Waals surface area contributed by atoms with Gasteiger partial charge in [-0.25, -0.2) is 9.97 Å². The number of hydrogen-bond acceptors (Lipinski definition) is 5. The van der Waals surface area contributed by atoms with Crippen molar-refractivity contribution in [1.29, 1.82) is 0 Å². The van der Waals surface area contributed by atoms with Gasteiger partial charge in [-0.15, -0.1) is 0 Å². The first-order chi connectivity index (χ1) is 11.8. The van der Waals surface area contributed by atoms with Crippen molar-refractivity contribution in [1.82, 2.24) is 15.3 Å². The largest absolute Gasteiger partial charge is 0.461 e. The Morgan fingerprint density at radius 2 is 2.08 bits per heavy atom. The topological polar surface area (TPSA) is 68.0 Å². The molecule has 1 amide bonds. The number of fused-ring (bicyclic) bond motifs is 1. The predicted molar refractivity (Wildman–Crippen MR) is 93.7 cm³/mol. The molecule has 1 aromatic carbocycles. The summed E-state index contributed by atoms with van der Waals surface area (Å²) in [4.78, 5) is 21.2. The minimum atomic E-state index is 0.0501. The molecule has 1 N–H and O–H groups in total. The van der Waals surface area contributed by atoms with Crippen molar-refractivity contribution < 1.29 is 9.21 Å². The molecule has 1 saturated carbocycles. The van der Waals surface area contributed by atoms with Gasteiger partial charge in [0.25, 0.3) is 0 Å². The number of hydrogen-bond donors (Lipinski definition) is 1. The van der Waals surface area contributed by atoms with Crippen LogP contribution in [0.15, 0.2) is 52.1 Å². The SMILES string of the molecule is O=C(CSc1nc(-c2ccco2)nc2ccccc12)NCC1CC1. The summed E-state index contributed by atoms with van der Waals surface area (Å²) in [6.07, 6.45) is 4.07. The Morgan fingerprint density at radius 1 is 1.21 bits per heavy atom. The summed E-state index contributed by atoms with van der Waals surface area (Å²) >= 11 is 1.44. The van der Waals surface area contributed by atoms with Crippen LogP contribution in [0.4, 0.5) is 0 Å². The number of aromatic nitrogens is 2. The molecule has 0 bridgehead atoms. The first kappa shape index (κ1) is 15.2. The molecule has 122 valence electrons.